The minimum Gasteiger partial charge on any atom is -0.310 e. The molecule has 138 valence electrons. The lowest BCUT2D eigenvalue weighted by Crippen LogP contribution is -2.17. The summed E-state index contributed by atoms with van der Waals surface area (Å²) in [7, 11) is 0. The average molecular weight is 372 g/mol. The molecule has 0 spiro atoms. The molecule has 0 aliphatic carbocycles. The van der Waals surface area contributed by atoms with Crippen molar-refractivity contribution >= 4 is 11.7 Å². The molecule has 0 aliphatic heterocycles. The van der Waals surface area contributed by atoms with Crippen molar-refractivity contribution in [3.8, 4) is 16.9 Å². The van der Waals surface area contributed by atoms with Crippen molar-refractivity contribution in [1.82, 2.24) is 14.8 Å². The Morgan fingerprint density at radius 3 is 2.50 bits per heavy atom. The predicted molar refractivity (Wildman–Crippen MR) is 106 cm³/mol. The van der Waals surface area contributed by atoms with Crippen molar-refractivity contribution in [3.63, 3.8) is 0 Å². The highest BCUT2D eigenvalue weighted by molar-refractivity contribution is 5.92. The molecule has 0 fully saturated rings. The first-order chi connectivity index (χ1) is 13.7. The highest BCUT2D eigenvalue weighted by atomic mass is 19.1. The van der Waals surface area contributed by atoms with E-state index >= 15 is 0 Å². The first-order valence-electron chi connectivity index (χ1n) is 8.79. The molecule has 6 heteroatoms. The zero-order valence-corrected chi connectivity index (χ0v) is 14.9. The Kier molecular flexibility index (Phi) is 4.93. The van der Waals surface area contributed by atoms with Gasteiger partial charge in [-0.25, -0.2) is 9.07 Å². The van der Waals surface area contributed by atoms with E-state index in [2.05, 4.69) is 15.4 Å². The second-order valence-electron chi connectivity index (χ2n) is 6.26. The smallest absolute Gasteiger partial charge is 0.229 e. The van der Waals surface area contributed by atoms with Gasteiger partial charge in [-0.15, -0.1) is 0 Å². The van der Waals surface area contributed by atoms with E-state index in [1.807, 2.05) is 48.5 Å². The minimum absolute atomic E-state index is 0.141. The predicted octanol–water partition coefficient (Wildman–Crippen LogP) is 4.25. The fraction of sp³-hybridized carbons (Fsp3) is 0.0455. The number of amides is 1. The summed E-state index contributed by atoms with van der Waals surface area (Å²) in [4.78, 5) is 16.7. The van der Waals surface area contributed by atoms with Crippen LogP contribution in [0, 0.1) is 5.82 Å². The lowest BCUT2D eigenvalue weighted by Gasteiger charge is -2.09. The topological polar surface area (TPSA) is 59.8 Å². The molecule has 28 heavy (non-hydrogen) atoms. The van der Waals surface area contributed by atoms with Crippen LogP contribution in [0.3, 0.4) is 0 Å². The molecule has 0 saturated carbocycles. The van der Waals surface area contributed by atoms with Crippen LogP contribution in [0.15, 0.2) is 85.2 Å². The van der Waals surface area contributed by atoms with Gasteiger partial charge in [0.25, 0.3) is 0 Å². The number of rotatable bonds is 5. The van der Waals surface area contributed by atoms with Crippen LogP contribution in [-0.4, -0.2) is 20.7 Å². The Balaban J connectivity index is 1.64. The van der Waals surface area contributed by atoms with E-state index in [9.17, 15) is 9.18 Å². The molecule has 1 N–H and O–H groups in total. The van der Waals surface area contributed by atoms with Gasteiger partial charge in [0.05, 0.1) is 17.8 Å². The van der Waals surface area contributed by atoms with Crippen LogP contribution in [-0.2, 0) is 11.2 Å². The largest absolute Gasteiger partial charge is 0.310 e. The van der Waals surface area contributed by atoms with E-state index in [1.54, 1.807) is 29.2 Å². The van der Waals surface area contributed by atoms with Crippen LogP contribution in [0.4, 0.5) is 10.2 Å². The van der Waals surface area contributed by atoms with E-state index in [4.69, 9.17) is 0 Å². The van der Waals surface area contributed by atoms with Gasteiger partial charge in [0.2, 0.25) is 5.91 Å². The molecule has 0 atom stereocenters. The van der Waals surface area contributed by atoms with Crippen molar-refractivity contribution in [2.45, 2.75) is 6.42 Å². The van der Waals surface area contributed by atoms with Gasteiger partial charge in [0.15, 0.2) is 0 Å². The van der Waals surface area contributed by atoms with E-state index in [0.717, 1.165) is 16.8 Å². The van der Waals surface area contributed by atoms with Gasteiger partial charge in [-0.05, 0) is 42.0 Å². The summed E-state index contributed by atoms with van der Waals surface area (Å²) in [5, 5.41) is 7.54. The zero-order chi connectivity index (χ0) is 19.3. The number of nitrogens with zero attached hydrogens (tertiary/aromatic N) is 3. The van der Waals surface area contributed by atoms with Crippen molar-refractivity contribution in [2.75, 3.05) is 5.32 Å². The molecule has 1 amide bonds. The number of pyridine rings is 1. The standard InChI is InChI=1S/C22H17FN4O/c23-18-10-8-16(9-11-18)13-22(28)25-21-14-20(17-5-4-12-24-15-17)26-27(21)19-6-2-1-3-7-19/h1-12,14-15H,13H2,(H,25,28). The maximum atomic E-state index is 13.1. The van der Waals surface area contributed by atoms with Crippen molar-refractivity contribution in [2.24, 2.45) is 0 Å². The third kappa shape index (κ3) is 3.96. The van der Waals surface area contributed by atoms with E-state index in [1.165, 1.54) is 12.1 Å². The van der Waals surface area contributed by atoms with Crippen LogP contribution in [0.2, 0.25) is 0 Å². The number of hydrogen-bond donors (Lipinski definition) is 1. The fourth-order valence-corrected chi connectivity index (χ4v) is 2.87. The Morgan fingerprint density at radius 1 is 1.00 bits per heavy atom. The molecule has 0 unspecified atom stereocenters. The molecule has 5 nitrogen and oxygen atoms in total. The zero-order valence-electron chi connectivity index (χ0n) is 14.9. The molecule has 4 aromatic rings. The first-order valence-corrected chi connectivity index (χ1v) is 8.79. The molecular formula is C22H17FN4O. The third-order valence-corrected chi connectivity index (χ3v) is 4.21. The maximum Gasteiger partial charge on any atom is 0.229 e. The Morgan fingerprint density at radius 2 is 1.79 bits per heavy atom. The second-order valence-corrected chi connectivity index (χ2v) is 6.26. The molecule has 4 rings (SSSR count). The van der Waals surface area contributed by atoms with Crippen molar-refractivity contribution in [1.29, 1.82) is 0 Å². The lowest BCUT2D eigenvalue weighted by molar-refractivity contribution is -0.115. The normalized spacial score (nSPS) is 10.6. The van der Waals surface area contributed by atoms with E-state index < -0.39 is 0 Å². The average Bonchev–Trinajstić information content (AvgIpc) is 3.15. The summed E-state index contributed by atoms with van der Waals surface area (Å²) in [5.74, 6) is 0.0195. The molecule has 2 aromatic carbocycles. The number of para-hydroxylation sites is 1. The monoisotopic (exact) mass is 372 g/mol. The number of anilines is 1. The SMILES string of the molecule is O=C(Cc1ccc(F)cc1)Nc1cc(-c2cccnc2)nn1-c1ccccc1. The molecule has 0 saturated heterocycles. The van der Waals surface area contributed by atoms with Gasteiger partial charge in [0.1, 0.15) is 11.6 Å². The van der Waals surface area contributed by atoms with E-state index in [-0.39, 0.29) is 18.1 Å². The molecular weight excluding hydrogens is 355 g/mol. The Bertz CT molecular complexity index is 1080. The summed E-state index contributed by atoms with van der Waals surface area (Å²) in [6.07, 6.45) is 3.56. The Labute approximate surface area is 161 Å². The van der Waals surface area contributed by atoms with Gasteiger partial charge < -0.3 is 5.32 Å². The summed E-state index contributed by atoms with van der Waals surface area (Å²) in [6, 6.07) is 21.0. The highest BCUT2D eigenvalue weighted by Gasteiger charge is 2.14. The van der Waals surface area contributed by atoms with Crippen LogP contribution in [0.5, 0.6) is 0 Å². The van der Waals surface area contributed by atoms with Crippen LogP contribution in [0.25, 0.3) is 16.9 Å². The summed E-state index contributed by atoms with van der Waals surface area (Å²) < 4.78 is 14.7. The van der Waals surface area contributed by atoms with Gasteiger partial charge in [-0.1, -0.05) is 30.3 Å². The number of nitrogens with one attached hydrogen (secondary N) is 1. The lowest BCUT2D eigenvalue weighted by atomic mass is 10.1. The van der Waals surface area contributed by atoms with Crippen LogP contribution in [0.1, 0.15) is 5.56 Å². The number of hydrogen-bond acceptors (Lipinski definition) is 3. The van der Waals surface area contributed by atoms with Crippen molar-refractivity contribution in [3.05, 3.63) is 96.6 Å². The molecule has 2 aromatic heterocycles. The van der Waals surface area contributed by atoms with E-state index in [0.29, 0.717) is 11.5 Å². The van der Waals surface area contributed by atoms with Crippen molar-refractivity contribution < 1.29 is 9.18 Å². The van der Waals surface area contributed by atoms with Gasteiger partial charge in [0, 0.05) is 24.0 Å². The Hall–Kier alpha value is -3.80. The molecule has 0 aliphatic rings. The van der Waals surface area contributed by atoms with Gasteiger partial charge in [-0.2, -0.15) is 5.10 Å². The second kappa shape index (κ2) is 7.84. The summed E-state index contributed by atoms with van der Waals surface area (Å²) >= 11 is 0. The molecule has 0 bridgehead atoms. The summed E-state index contributed by atoms with van der Waals surface area (Å²) in [5.41, 5.74) is 3.12. The minimum atomic E-state index is -0.326. The van der Waals surface area contributed by atoms with Gasteiger partial charge >= 0.3 is 0 Å². The fourth-order valence-electron chi connectivity index (χ4n) is 2.87. The molecule has 0 radical (unpaired) electrons. The van der Waals surface area contributed by atoms with Gasteiger partial charge in [-0.3, -0.25) is 9.78 Å². The highest BCUT2D eigenvalue weighted by Crippen LogP contribution is 2.24. The quantitative estimate of drug-likeness (QED) is 0.570. The number of halogens is 1. The number of benzene rings is 2. The number of carbonyl (C=O) groups is 1. The number of carbonyl (C=O) groups excluding carboxylic acids is 1. The number of aromatic nitrogens is 3. The van der Waals surface area contributed by atoms with Crippen LogP contribution < -0.4 is 5.32 Å². The third-order valence-electron chi connectivity index (χ3n) is 4.21. The maximum absolute atomic E-state index is 13.1. The molecule has 2 heterocycles. The first kappa shape index (κ1) is 17.6. The van der Waals surface area contributed by atoms with Crippen LogP contribution >= 0.6 is 0 Å². The summed E-state index contributed by atoms with van der Waals surface area (Å²) in [6.45, 7) is 0.